The summed E-state index contributed by atoms with van der Waals surface area (Å²) in [5.41, 5.74) is 0. The molecule has 1 heterocycles. The van der Waals surface area contributed by atoms with Crippen LogP contribution in [0.1, 0.15) is 19.3 Å². The van der Waals surface area contributed by atoms with Gasteiger partial charge in [0.25, 0.3) is 0 Å². The Balaban J connectivity index is 2.04. The number of hydrogen-bond acceptors (Lipinski definition) is 4. The van der Waals surface area contributed by atoms with Gasteiger partial charge in [-0.3, -0.25) is 4.79 Å². The first-order valence-corrected chi connectivity index (χ1v) is 8.07. The lowest BCUT2D eigenvalue weighted by atomic mass is 10.1. The lowest BCUT2D eigenvalue weighted by molar-refractivity contribution is -0.141. The Kier molecular flexibility index (Phi) is 3.96. The van der Waals surface area contributed by atoms with Gasteiger partial charge in [0, 0.05) is 6.04 Å². The molecule has 1 aliphatic rings. The van der Waals surface area contributed by atoms with Crippen molar-refractivity contribution in [2.75, 3.05) is 0 Å². The van der Waals surface area contributed by atoms with Gasteiger partial charge in [-0.15, -0.1) is 11.3 Å². The molecule has 2 unspecified atom stereocenters. The predicted molar refractivity (Wildman–Crippen MR) is 68.4 cm³/mol. The van der Waals surface area contributed by atoms with E-state index in [0.29, 0.717) is 23.6 Å². The summed E-state index contributed by atoms with van der Waals surface area (Å²) in [6.07, 6.45) is 1.40. The number of rotatable bonds is 4. The molecule has 1 aromatic heterocycles. The van der Waals surface area contributed by atoms with Crippen LogP contribution in [0.25, 0.3) is 0 Å². The quantitative estimate of drug-likeness (QED) is 0.890. The number of thiophene rings is 1. The third kappa shape index (κ3) is 3.03. The highest BCUT2D eigenvalue weighted by atomic mass is 35.5. The van der Waals surface area contributed by atoms with Crippen molar-refractivity contribution in [3.63, 3.8) is 0 Å². The number of sulfonamides is 1. The molecule has 0 radical (unpaired) electrons. The summed E-state index contributed by atoms with van der Waals surface area (Å²) in [4.78, 5) is 10.8. The zero-order valence-corrected chi connectivity index (χ0v) is 11.7. The third-order valence-electron chi connectivity index (χ3n) is 2.92. The van der Waals surface area contributed by atoms with E-state index in [4.69, 9.17) is 16.7 Å². The summed E-state index contributed by atoms with van der Waals surface area (Å²) in [6.45, 7) is 0. The molecular formula is C10H12ClNO4S2. The van der Waals surface area contributed by atoms with E-state index in [0.717, 1.165) is 11.3 Å². The van der Waals surface area contributed by atoms with Crippen LogP contribution >= 0.6 is 22.9 Å². The molecule has 2 rings (SSSR count). The molecule has 0 spiro atoms. The average Bonchev–Trinajstić information content (AvgIpc) is 2.86. The summed E-state index contributed by atoms with van der Waals surface area (Å²) in [5.74, 6) is -1.32. The van der Waals surface area contributed by atoms with E-state index in [-0.39, 0.29) is 10.3 Å². The minimum absolute atomic E-state index is 0.159. The standard InChI is InChI=1S/C10H12ClNO4S2/c11-8-3-4-9(17-8)18(15,16)12-7-2-1-6(5-7)10(13)14/h3-4,6-7,12H,1-2,5H2,(H,13,14). The molecule has 0 saturated heterocycles. The number of carboxylic acid groups (broad SMARTS) is 1. The van der Waals surface area contributed by atoms with E-state index < -0.39 is 21.9 Å². The van der Waals surface area contributed by atoms with Crippen LogP contribution in [0.2, 0.25) is 4.34 Å². The second-order valence-corrected chi connectivity index (χ2v) is 7.88. The Morgan fingerprint density at radius 2 is 2.17 bits per heavy atom. The molecular weight excluding hydrogens is 298 g/mol. The van der Waals surface area contributed by atoms with Gasteiger partial charge >= 0.3 is 5.97 Å². The minimum Gasteiger partial charge on any atom is -0.481 e. The van der Waals surface area contributed by atoms with E-state index >= 15 is 0 Å². The lowest BCUT2D eigenvalue weighted by Crippen LogP contribution is -2.32. The maximum atomic E-state index is 12.0. The van der Waals surface area contributed by atoms with Gasteiger partial charge in [-0.05, 0) is 31.4 Å². The van der Waals surface area contributed by atoms with Crippen molar-refractivity contribution in [2.24, 2.45) is 5.92 Å². The topological polar surface area (TPSA) is 83.5 Å². The lowest BCUT2D eigenvalue weighted by Gasteiger charge is -2.11. The molecule has 0 bridgehead atoms. The van der Waals surface area contributed by atoms with Gasteiger partial charge in [-0.2, -0.15) is 0 Å². The summed E-state index contributed by atoms with van der Waals surface area (Å²) >= 11 is 6.68. The molecule has 100 valence electrons. The van der Waals surface area contributed by atoms with Crippen molar-refractivity contribution >= 4 is 38.9 Å². The molecule has 0 aromatic carbocycles. The Labute approximate surface area is 114 Å². The minimum atomic E-state index is -3.58. The molecule has 5 nitrogen and oxygen atoms in total. The van der Waals surface area contributed by atoms with Crippen LogP contribution in [0.3, 0.4) is 0 Å². The number of hydrogen-bond donors (Lipinski definition) is 2. The molecule has 1 aliphatic carbocycles. The fourth-order valence-corrected chi connectivity index (χ4v) is 4.82. The van der Waals surface area contributed by atoms with Gasteiger partial charge in [-0.1, -0.05) is 11.6 Å². The first-order valence-electron chi connectivity index (χ1n) is 5.39. The van der Waals surface area contributed by atoms with Crippen LogP contribution in [0.4, 0.5) is 0 Å². The summed E-state index contributed by atoms with van der Waals surface area (Å²) in [7, 11) is -3.58. The fourth-order valence-electron chi connectivity index (χ4n) is 2.03. The number of carboxylic acids is 1. The van der Waals surface area contributed by atoms with Crippen molar-refractivity contribution in [1.82, 2.24) is 4.72 Å². The Morgan fingerprint density at radius 1 is 1.44 bits per heavy atom. The second kappa shape index (κ2) is 5.16. The highest BCUT2D eigenvalue weighted by Gasteiger charge is 2.32. The normalized spacial score (nSPS) is 24.3. The Bertz CT molecular complexity index is 554. The molecule has 8 heteroatoms. The Hall–Kier alpha value is -0.630. The number of carbonyl (C=O) groups is 1. The first kappa shape index (κ1) is 13.8. The van der Waals surface area contributed by atoms with Crippen LogP contribution in [0.15, 0.2) is 16.3 Å². The molecule has 0 aliphatic heterocycles. The molecule has 18 heavy (non-hydrogen) atoms. The van der Waals surface area contributed by atoms with Gasteiger partial charge < -0.3 is 5.11 Å². The highest BCUT2D eigenvalue weighted by molar-refractivity contribution is 7.91. The SMILES string of the molecule is O=C(O)C1CCC(NS(=O)(=O)c2ccc(Cl)s2)C1. The van der Waals surface area contributed by atoms with Gasteiger partial charge in [0.15, 0.2) is 0 Å². The van der Waals surface area contributed by atoms with E-state index in [9.17, 15) is 13.2 Å². The van der Waals surface area contributed by atoms with E-state index in [2.05, 4.69) is 4.72 Å². The molecule has 2 atom stereocenters. The predicted octanol–water partition coefficient (Wildman–Crippen LogP) is 1.93. The Morgan fingerprint density at radius 3 is 2.67 bits per heavy atom. The van der Waals surface area contributed by atoms with E-state index in [1.54, 1.807) is 0 Å². The van der Waals surface area contributed by atoms with Gasteiger partial charge in [0.05, 0.1) is 10.3 Å². The zero-order valence-electron chi connectivity index (χ0n) is 9.30. The maximum absolute atomic E-state index is 12.0. The van der Waals surface area contributed by atoms with Crippen molar-refractivity contribution in [1.29, 1.82) is 0 Å². The van der Waals surface area contributed by atoms with Crippen LogP contribution < -0.4 is 4.72 Å². The summed E-state index contributed by atoms with van der Waals surface area (Å²) in [6, 6.07) is 2.66. The summed E-state index contributed by atoms with van der Waals surface area (Å²) in [5, 5.41) is 8.86. The van der Waals surface area contributed by atoms with Crippen LogP contribution in [-0.2, 0) is 14.8 Å². The molecule has 1 saturated carbocycles. The monoisotopic (exact) mass is 309 g/mol. The fraction of sp³-hybridized carbons (Fsp3) is 0.500. The smallest absolute Gasteiger partial charge is 0.306 e. The number of halogens is 1. The van der Waals surface area contributed by atoms with Crippen LogP contribution in [0.5, 0.6) is 0 Å². The van der Waals surface area contributed by atoms with Gasteiger partial charge in [0.1, 0.15) is 4.21 Å². The van der Waals surface area contributed by atoms with Gasteiger partial charge in [0.2, 0.25) is 10.0 Å². The van der Waals surface area contributed by atoms with Gasteiger partial charge in [-0.25, -0.2) is 13.1 Å². The van der Waals surface area contributed by atoms with Crippen molar-refractivity contribution < 1.29 is 18.3 Å². The highest BCUT2D eigenvalue weighted by Crippen LogP contribution is 2.29. The third-order valence-corrected chi connectivity index (χ3v) is 6.16. The maximum Gasteiger partial charge on any atom is 0.306 e. The van der Waals surface area contributed by atoms with Crippen LogP contribution in [-0.4, -0.2) is 25.5 Å². The van der Waals surface area contributed by atoms with E-state index in [1.807, 2.05) is 0 Å². The zero-order chi connectivity index (χ0) is 13.3. The largest absolute Gasteiger partial charge is 0.481 e. The average molecular weight is 310 g/mol. The summed E-state index contributed by atoms with van der Waals surface area (Å²) < 4.78 is 27.0. The van der Waals surface area contributed by atoms with Crippen molar-refractivity contribution in [2.45, 2.75) is 29.5 Å². The molecule has 0 amide bonds. The number of nitrogens with one attached hydrogen (secondary N) is 1. The van der Waals surface area contributed by atoms with Crippen molar-refractivity contribution in [3.8, 4) is 0 Å². The van der Waals surface area contributed by atoms with E-state index in [1.165, 1.54) is 12.1 Å². The molecule has 1 aromatic rings. The molecule has 1 fully saturated rings. The number of aliphatic carboxylic acids is 1. The van der Waals surface area contributed by atoms with Crippen LogP contribution in [0, 0.1) is 5.92 Å². The van der Waals surface area contributed by atoms with Crippen molar-refractivity contribution in [3.05, 3.63) is 16.5 Å². The second-order valence-electron chi connectivity index (χ2n) is 4.22. The molecule has 2 N–H and O–H groups in total. The first-order chi connectivity index (χ1) is 8.38.